The molecule has 0 saturated heterocycles. The molecule has 46 heavy (non-hydrogen) atoms. The molecule has 1 aliphatic rings. The van der Waals surface area contributed by atoms with E-state index in [2.05, 4.69) is 153 Å². The van der Waals surface area contributed by atoms with E-state index >= 15 is 0 Å². The van der Waals surface area contributed by atoms with Crippen LogP contribution in [0.25, 0.3) is 87.6 Å². The minimum absolute atomic E-state index is 0.104. The van der Waals surface area contributed by atoms with Gasteiger partial charge in [-0.2, -0.15) is 0 Å². The summed E-state index contributed by atoms with van der Waals surface area (Å²) in [6, 6.07) is 53.3. The molecule has 10 rings (SSSR count). The first-order chi connectivity index (χ1) is 22.6. The topological polar surface area (TPSA) is 13.1 Å². The van der Waals surface area contributed by atoms with Crippen LogP contribution in [-0.4, -0.2) is 0 Å². The third-order valence-electron chi connectivity index (χ3n) is 10.5. The molecule has 0 saturated carbocycles. The molecule has 0 bridgehead atoms. The fourth-order valence-electron chi connectivity index (χ4n) is 8.34. The van der Waals surface area contributed by atoms with Crippen molar-refractivity contribution >= 4 is 54.3 Å². The molecule has 1 heterocycles. The molecular weight excluding hydrogens is 556 g/mol. The molecule has 8 aromatic carbocycles. The van der Waals surface area contributed by atoms with Gasteiger partial charge in [0, 0.05) is 27.3 Å². The Hall–Kier alpha value is -5.66. The highest BCUT2D eigenvalue weighted by Gasteiger charge is 2.36. The van der Waals surface area contributed by atoms with Gasteiger partial charge >= 0.3 is 0 Å². The molecule has 0 fully saturated rings. The van der Waals surface area contributed by atoms with E-state index in [9.17, 15) is 0 Å². The standard InChI is InChI=1S/C45H30O/c1-45(2)38-25-23-27-12-3-4-13-29(27)43(38)36-24-22-28(26-39(36)45)41-31-15-5-7-17-33(31)42(34-18-8-6-16-32(34)41)37-20-11-19-35-30-14-9-10-21-40(30)46-44(35)37/h3-26H,1-2H3. The van der Waals surface area contributed by atoms with Crippen molar-refractivity contribution in [3.8, 4) is 33.4 Å². The average molecular weight is 587 g/mol. The lowest BCUT2D eigenvalue weighted by atomic mass is 9.80. The molecule has 0 radical (unpaired) electrons. The van der Waals surface area contributed by atoms with E-state index in [0.717, 1.165) is 27.5 Å². The highest BCUT2D eigenvalue weighted by Crippen LogP contribution is 2.53. The second-order valence-corrected chi connectivity index (χ2v) is 13.2. The Bertz CT molecular complexity index is 2660. The molecule has 0 N–H and O–H groups in total. The number of fused-ring (bicyclic) bond motifs is 10. The predicted molar refractivity (Wildman–Crippen MR) is 195 cm³/mol. The van der Waals surface area contributed by atoms with E-state index in [-0.39, 0.29) is 5.41 Å². The van der Waals surface area contributed by atoms with Crippen molar-refractivity contribution in [2.75, 3.05) is 0 Å². The molecule has 1 aromatic heterocycles. The Morgan fingerprint density at radius 3 is 1.76 bits per heavy atom. The molecule has 1 heteroatoms. The van der Waals surface area contributed by atoms with Crippen molar-refractivity contribution in [2.24, 2.45) is 0 Å². The van der Waals surface area contributed by atoms with Crippen LogP contribution in [0.15, 0.2) is 150 Å². The van der Waals surface area contributed by atoms with Gasteiger partial charge in [-0.3, -0.25) is 0 Å². The number of rotatable bonds is 2. The fraction of sp³-hybridized carbons (Fsp3) is 0.0667. The van der Waals surface area contributed by atoms with E-state index in [1.807, 2.05) is 6.07 Å². The zero-order valence-corrected chi connectivity index (χ0v) is 25.8. The van der Waals surface area contributed by atoms with Crippen LogP contribution in [0.3, 0.4) is 0 Å². The van der Waals surface area contributed by atoms with Crippen LogP contribution in [0.5, 0.6) is 0 Å². The molecule has 0 spiro atoms. The van der Waals surface area contributed by atoms with Gasteiger partial charge in [0.15, 0.2) is 0 Å². The molecular formula is C45H30O. The third-order valence-corrected chi connectivity index (χ3v) is 10.5. The van der Waals surface area contributed by atoms with Crippen LogP contribution < -0.4 is 0 Å². The minimum Gasteiger partial charge on any atom is -0.455 e. The lowest BCUT2D eigenvalue weighted by molar-refractivity contribution is 0.661. The van der Waals surface area contributed by atoms with Crippen molar-refractivity contribution in [2.45, 2.75) is 19.3 Å². The third kappa shape index (κ3) is 3.35. The van der Waals surface area contributed by atoms with Gasteiger partial charge in [-0.1, -0.05) is 147 Å². The summed E-state index contributed by atoms with van der Waals surface area (Å²) in [5, 5.41) is 9.90. The summed E-state index contributed by atoms with van der Waals surface area (Å²) >= 11 is 0. The molecule has 0 atom stereocenters. The first-order valence-corrected chi connectivity index (χ1v) is 16.1. The number of hydrogen-bond acceptors (Lipinski definition) is 1. The van der Waals surface area contributed by atoms with Crippen molar-refractivity contribution in [1.29, 1.82) is 0 Å². The van der Waals surface area contributed by atoms with E-state index in [4.69, 9.17) is 4.42 Å². The normalized spacial score (nSPS) is 13.6. The van der Waals surface area contributed by atoms with E-state index < -0.39 is 0 Å². The van der Waals surface area contributed by atoms with Crippen molar-refractivity contribution in [3.05, 3.63) is 157 Å². The zero-order valence-electron chi connectivity index (χ0n) is 25.8. The molecule has 1 nitrogen and oxygen atoms in total. The van der Waals surface area contributed by atoms with Gasteiger partial charge < -0.3 is 4.42 Å². The van der Waals surface area contributed by atoms with Crippen LogP contribution in [0, 0.1) is 0 Å². The first-order valence-electron chi connectivity index (χ1n) is 16.1. The summed E-state index contributed by atoms with van der Waals surface area (Å²) in [5.41, 5.74) is 12.2. The van der Waals surface area contributed by atoms with Gasteiger partial charge in [0.05, 0.1) is 0 Å². The fourth-order valence-corrected chi connectivity index (χ4v) is 8.34. The van der Waals surface area contributed by atoms with Gasteiger partial charge in [0.25, 0.3) is 0 Å². The van der Waals surface area contributed by atoms with E-state index in [1.165, 1.54) is 71.3 Å². The maximum Gasteiger partial charge on any atom is 0.143 e. The second kappa shape index (κ2) is 9.19. The van der Waals surface area contributed by atoms with Gasteiger partial charge in [-0.25, -0.2) is 0 Å². The number of para-hydroxylation sites is 2. The summed E-state index contributed by atoms with van der Waals surface area (Å²) in [6.07, 6.45) is 0. The van der Waals surface area contributed by atoms with E-state index in [0.29, 0.717) is 0 Å². The second-order valence-electron chi connectivity index (χ2n) is 13.2. The molecule has 0 amide bonds. The zero-order chi connectivity index (χ0) is 30.6. The van der Waals surface area contributed by atoms with Crippen LogP contribution in [0.2, 0.25) is 0 Å². The van der Waals surface area contributed by atoms with Crippen molar-refractivity contribution in [3.63, 3.8) is 0 Å². The van der Waals surface area contributed by atoms with Crippen LogP contribution >= 0.6 is 0 Å². The van der Waals surface area contributed by atoms with E-state index in [1.54, 1.807) is 0 Å². The number of benzene rings is 8. The monoisotopic (exact) mass is 586 g/mol. The highest BCUT2D eigenvalue weighted by atomic mass is 16.3. The van der Waals surface area contributed by atoms with Gasteiger partial charge in [0.1, 0.15) is 11.2 Å². The van der Waals surface area contributed by atoms with Gasteiger partial charge in [-0.15, -0.1) is 0 Å². The Labute approximate surface area is 267 Å². The summed E-state index contributed by atoms with van der Waals surface area (Å²) in [6.45, 7) is 4.76. The summed E-state index contributed by atoms with van der Waals surface area (Å²) < 4.78 is 6.59. The van der Waals surface area contributed by atoms with Crippen LogP contribution in [0.1, 0.15) is 25.0 Å². The smallest absolute Gasteiger partial charge is 0.143 e. The lowest BCUT2D eigenvalue weighted by Gasteiger charge is -2.23. The largest absolute Gasteiger partial charge is 0.455 e. The summed E-state index contributed by atoms with van der Waals surface area (Å²) in [7, 11) is 0. The Morgan fingerprint density at radius 2 is 1.02 bits per heavy atom. The molecule has 1 aliphatic carbocycles. The maximum absolute atomic E-state index is 6.59. The molecule has 216 valence electrons. The van der Waals surface area contributed by atoms with Crippen LogP contribution in [0.4, 0.5) is 0 Å². The lowest BCUT2D eigenvalue weighted by Crippen LogP contribution is -2.15. The molecule has 0 aliphatic heterocycles. The average Bonchev–Trinajstić information content (AvgIpc) is 3.59. The van der Waals surface area contributed by atoms with Crippen molar-refractivity contribution < 1.29 is 4.42 Å². The Morgan fingerprint density at radius 1 is 0.413 bits per heavy atom. The van der Waals surface area contributed by atoms with Crippen LogP contribution in [-0.2, 0) is 5.41 Å². The minimum atomic E-state index is -0.104. The number of hydrogen-bond donors (Lipinski definition) is 0. The molecule has 9 aromatic rings. The first kappa shape index (κ1) is 25.6. The summed E-state index contributed by atoms with van der Waals surface area (Å²) in [5.74, 6) is 0. The Balaban J connectivity index is 1.27. The van der Waals surface area contributed by atoms with Gasteiger partial charge in [0.2, 0.25) is 0 Å². The van der Waals surface area contributed by atoms with Gasteiger partial charge in [-0.05, 0) is 77.8 Å². The highest BCUT2D eigenvalue weighted by molar-refractivity contribution is 6.24. The predicted octanol–water partition coefficient (Wildman–Crippen LogP) is 12.7. The maximum atomic E-state index is 6.59. The molecule has 0 unspecified atom stereocenters. The SMILES string of the molecule is CC1(C)c2cc(-c3c4ccccc4c(-c4cccc5c4oc4ccccc45)c4ccccc34)ccc2-c2c1ccc1ccccc21. The Kier molecular flexibility index (Phi) is 5.12. The van der Waals surface area contributed by atoms with Crippen molar-refractivity contribution in [1.82, 2.24) is 0 Å². The quantitative estimate of drug-likeness (QED) is 0.184. The summed E-state index contributed by atoms with van der Waals surface area (Å²) in [4.78, 5) is 0. The number of furan rings is 1.